The Morgan fingerprint density at radius 3 is 2.62 bits per heavy atom. The molecule has 13 heteroatoms. The molecular formula is C21H26BF2N3O7. The Hall–Kier alpha value is -3.22. The van der Waals surface area contributed by atoms with Crippen LogP contribution in [0.3, 0.4) is 0 Å². The third-order valence-corrected chi connectivity index (χ3v) is 5.52. The van der Waals surface area contributed by atoms with Gasteiger partial charge in [-0.15, -0.1) is 0 Å². The summed E-state index contributed by atoms with van der Waals surface area (Å²) in [5.74, 6) is -5.27. The zero-order chi connectivity index (χ0) is 25.0. The fourth-order valence-corrected chi connectivity index (χ4v) is 3.85. The number of carboxylic acid groups (broad SMARTS) is 1. The van der Waals surface area contributed by atoms with E-state index in [0.717, 1.165) is 12.1 Å². The van der Waals surface area contributed by atoms with Crippen LogP contribution in [0.25, 0.3) is 0 Å². The minimum atomic E-state index is -1.26. The summed E-state index contributed by atoms with van der Waals surface area (Å²) < 4.78 is 37.7. The van der Waals surface area contributed by atoms with Gasteiger partial charge in [0.15, 0.2) is 6.10 Å². The molecule has 3 rings (SSSR count). The number of rotatable bonds is 10. The van der Waals surface area contributed by atoms with Crippen LogP contribution in [0, 0.1) is 17.6 Å². The van der Waals surface area contributed by atoms with Crippen molar-refractivity contribution in [2.75, 3.05) is 18.0 Å². The van der Waals surface area contributed by atoms with Gasteiger partial charge in [-0.25, -0.2) is 8.78 Å². The molecule has 2 amide bonds. The van der Waals surface area contributed by atoms with Crippen LogP contribution in [0.5, 0.6) is 0 Å². The third-order valence-electron chi connectivity index (χ3n) is 5.52. The number of benzene rings is 1. The van der Waals surface area contributed by atoms with Gasteiger partial charge in [-0.3, -0.25) is 19.2 Å². The smallest absolute Gasteiger partial charge is 0.506 e. The number of carboxylic acids is 1. The maximum Gasteiger partial charge on any atom is 0.552 e. The van der Waals surface area contributed by atoms with Gasteiger partial charge < -0.3 is 29.9 Å². The molecule has 2 heterocycles. The lowest BCUT2D eigenvalue weighted by Crippen LogP contribution is -2.58. The van der Waals surface area contributed by atoms with Crippen molar-refractivity contribution in [1.29, 1.82) is 0 Å². The van der Waals surface area contributed by atoms with Crippen LogP contribution in [0.4, 0.5) is 14.5 Å². The number of hydrogen-bond acceptors (Lipinski definition) is 7. The van der Waals surface area contributed by atoms with Gasteiger partial charge in [0.25, 0.3) is 0 Å². The molecule has 2 saturated heterocycles. The van der Waals surface area contributed by atoms with Crippen LogP contribution in [0.2, 0.25) is 0 Å². The average molecular weight is 481 g/mol. The van der Waals surface area contributed by atoms with Crippen molar-refractivity contribution in [1.82, 2.24) is 10.6 Å². The molecule has 2 unspecified atom stereocenters. The van der Waals surface area contributed by atoms with Crippen LogP contribution in [-0.2, 0) is 28.5 Å². The highest BCUT2D eigenvalue weighted by atomic mass is 19.1. The van der Waals surface area contributed by atoms with Crippen molar-refractivity contribution in [3.63, 3.8) is 0 Å². The van der Waals surface area contributed by atoms with E-state index in [9.17, 15) is 28.0 Å². The first-order valence-corrected chi connectivity index (χ1v) is 10.9. The Morgan fingerprint density at radius 2 is 2.03 bits per heavy atom. The highest BCUT2D eigenvalue weighted by molar-refractivity contribution is 6.51. The van der Waals surface area contributed by atoms with E-state index < -0.39 is 67.0 Å². The normalized spacial score (nSPS) is 20.6. The Kier molecular flexibility index (Phi) is 8.08. The molecule has 10 nitrogen and oxygen atoms in total. The monoisotopic (exact) mass is 481 g/mol. The topological polar surface area (TPSA) is 134 Å². The molecule has 3 N–H and O–H groups in total. The summed E-state index contributed by atoms with van der Waals surface area (Å²) in [4.78, 5) is 49.2. The molecule has 3 atom stereocenters. The molecule has 0 aromatic heterocycles. The Balaban J connectivity index is 1.54. The zero-order valence-corrected chi connectivity index (χ0v) is 18.8. The SMILES string of the molecule is CC(C)C[C@H](NC(=O)CNC(=O)C1CCN1c1ccc(F)cc1F)B1OC(=O)C(CC(=O)O)O1. The highest BCUT2D eigenvalue weighted by Gasteiger charge is 2.46. The molecule has 0 aliphatic carbocycles. The highest BCUT2D eigenvalue weighted by Crippen LogP contribution is 2.29. The van der Waals surface area contributed by atoms with Crippen LogP contribution < -0.4 is 15.5 Å². The summed E-state index contributed by atoms with van der Waals surface area (Å²) in [6, 6.07) is 2.40. The van der Waals surface area contributed by atoms with Crippen molar-refractivity contribution in [2.24, 2.45) is 5.92 Å². The van der Waals surface area contributed by atoms with Gasteiger partial charge >= 0.3 is 19.1 Å². The molecule has 2 fully saturated rings. The molecule has 184 valence electrons. The maximum atomic E-state index is 14.0. The Labute approximate surface area is 195 Å². The molecule has 0 saturated carbocycles. The number of nitrogens with one attached hydrogen (secondary N) is 2. The van der Waals surface area contributed by atoms with E-state index in [4.69, 9.17) is 14.4 Å². The first-order valence-electron chi connectivity index (χ1n) is 10.9. The molecule has 2 aliphatic rings. The van der Waals surface area contributed by atoms with E-state index in [0.29, 0.717) is 19.4 Å². The summed E-state index contributed by atoms with van der Waals surface area (Å²) in [5, 5.41) is 14.0. The first kappa shape index (κ1) is 25.4. The molecule has 1 aromatic rings. The predicted octanol–water partition coefficient (Wildman–Crippen LogP) is 0.635. The molecule has 0 spiro atoms. The zero-order valence-electron chi connectivity index (χ0n) is 18.8. The number of anilines is 1. The van der Waals surface area contributed by atoms with Gasteiger partial charge in [0.1, 0.15) is 17.7 Å². The summed E-state index contributed by atoms with van der Waals surface area (Å²) in [6.07, 6.45) is -1.00. The molecule has 2 aliphatic heterocycles. The molecule has 0 radical (unpaired) electrons. The second-order valence-electron chi connectivity index (χ2n) is 8.64. The lowest BCUT2D eigenvalue weighted by molar-refractivity contribution is -0.145. The Bertz CT molecular complexity index is 964. The quantitative estimate of drug-likeness (QED) is 0.415. The number of nitrogens with zero attached hydrogens (tertiary/aromatic N) is 1. The largest absolute Gasteiger partial charge is 0.552 e. The van der Waals surface area contributed by atoms with E-state index in [-0.39, 0.29) is 18.2 Å². The minimum Gasteiger partial charge on any atom is -0.506 e. The van der Waals surface area contributed by atoms with Crippen LogP contribution in [0.15, 0.2) is 18.2 Å². The van der Waals surface area contributed by atoms with E-state index in [1.165, 1.54) is 11.0 Å². The van der Waals surface area contributed by atoms with E-state index in [1.807, 2.05) is 13.8 Å². The maximum absolute atomic E-state index is 14.0. The standard InChI is InChI=1S/C21H26BF2N3O7/c1-11(2)7-17(22-33-16(9-19(29)30)21(32)34-22)26-18(28)10-25-20(31)15-5-6-27(15)14-4-3-12(23)8-13(14)24/h3-4,8,11,15-17H,5-7,9-10H2,1-2H3,(H,25,31)(H,26,28)(H,29,30)/t15?,16?,17-/m0/s1. The number of carbonyl (C=O) groups excluding carboxylic acids is 3. The summed E-state index contributed by atoms with van der Waals surface area (Å²) in [7, 11) is -1.15. The first-order chi connectivity index (χ1) is 16.0. The molecule has 34 heavy (non-hydrogen) atoms. The van der Waals surface area contributed by atoms with Crippen molar-refractivity contribution < 1.29 is 42.4 Å². The van der Waals surface area contributed by atoms with Gasteiger partial charge in [0.05, 0.1) is 24.6 Å². The number of halogens is 2. The number of amides is 2. The fraction of sp³-hybridized carbons (Fsp3) is 0.524. The lowest BCUT2D eigenvalue weighted by atomic mass is 9.74. The molecule has 1 aromatic carbocycles. The molecule has 0 bridgehead atoms. The van der Waals surface area contributed by atoms with Crippen LogP contribution >= 0.6 is 0 Å². The van der Waals surface area contributed by atoms with Crippen molar-refractivity contribution >= 4 is 36.6 Å². The summed E-state index contributed by atoms with van der Waals surface area (Å²) >= 11 is 0. The van der Waals surface area contributed by atoms with E-state index in [1.54, 1.807) is 0 Å². The predicted molar refractivity (Wildman–Crippen MR) is 115 cm³/mol. The van der Waals surface area contributed by atoms with Gasteiger partial charge in [0.2, 0.25) is 11.8 Å². The fourth-order valence-electron chi connectivity index (χ4n) is 3.85. The average Bonchev–Trinajstić information content (AvgIpc) is 3.06. The molecular weight excluding hydrogens is 455 g/mol. The van der Waals surface area contributed by atoms with Gasteiger partial charge in [-0.1, -0.05) is 13.8 Å². The number of aliphatic carboxylic acids is 1. The van der Waals surface area contributed by atoms with E-state index in [2.05, 4.69) is 10.6 Å². The minimum absolute atomic E-state index is 0.0786. The lowest BCUT2D eigenvalue weighted by Gasteiger charge is -2.41. The van der Waals surface area contributed by atoms with E-state index >= 15 is 0 Å². The van der Waals surface area contributed by atoms with Crippen molar-refractivity contribution in [3.8, 4) is 0 Å². The van der Waals surface area contributed by atoms with Crippen molar-refractivity contribution in [2.45, 2.75) is 51.2 Å². The van der Waals surface area contributed by atoms with Gasteiger partial charge in [-0.05, 0) is 30.9 Å². The number of hydrogen-bond donors (Lipinski definition) is 3. The third kappa shape index (κ3) is 6.22. The van der Waals surface area contributed by atoms with Crippen LogP contribution in [0.1, 0.15) is 33.1 Å². The van der Waals surface area contributed by atoms with Gasteiger partial charge in [0, 0.05) is 12.6 Å². The summed E-state index contributed by atoms with van der Waals surface area (Å²) in [6.45, 7) is 3.78. The van der Waals surface area contributed by atoms with Crippen molar-refractivity contribution in [3.05, 3.63) is 29.8 Å². The van der Waals surface area contributed by atoms with Crippen LogP contribution in [-0.4, -0.2) is 67.2 Å². The van der Waals surface area contributed by atoms with Gasteiger partial charge in [-0.2, -0.15) is 0 Å². The second kappa shape index (κ2) is 10.8. The number of carbonyl (C=O) groups is 4. The second-order valence-corrected chi connectivity index (χ2v) is 8.64. The Morgan fingerprint density at radius 1 is 1.29 bits per heavy atom. The summed E-state index contributed by atoms with van der Waals surface area (Å²) in [5.41, 5.74) is 0.102.